The molecule has 0 bridgehead atoms. The molecule has 0 saturated carbocycles. The Morgan fingerprint density at radius 1 is 1.42 bits per heavy atom. The highest BCUT2D eigenvalue weighted by molar-refractivity contribution is 7.12. The van der Waals surface area contributed by atoms with Crippen LogP contribution in [-0.2, 0) is 13.6 Å². The summed E-state index contributed by atoms with van der Waals surface area (Å²) in [6.45, 7) is 0.517. The van der Waals surface area contributed by atoms with Gasteiger partial charge in [0.05, 0.1) is 22.2 Å². The van der Waals surface area contributed by atoms with E-state index in [-0.39, 0.29) is 5.91 Å². The van der Waals surface area contributed by atoms with Crippen LogP contribution >= 0.6 is 11.3 Å². The Bertz CT molecular complexity index is 715. The third-order valence-corrected chi connectivity index (χ3v) is 3.86. The van der Waals surface area contributed by atoms with Crippen LogP contribution in [-0.4, -0.2) is 15.5 Å². The van der Waals surface area contributed by atoms with Crippen molar-refractivity contribution in [1.29, 1.82) is 0 Å². The molecule has 1 amide bonds. The van der Waals surface area contributed by atoms with Gasteiger partial charge in [-0.1, -0.05) is 12.1 Å². The number of nitrogens with one attached hydrogen (secondary N) is 1. The van der Waals surface area contributed by atoms with Crippen LogP contribution in [0.25, 0.3) is 11.0 Å². The maximum atomic E-state index is 11.8. The summed E-state index contributed by atoms with van der Waals surface area (Å²) < 4.78 is 1.98. The maximum absolute atomic E-state index is 11.8. The molecule has 0 aliphatic heterocycles. The first-order chi connectivity index (χ1) is 9.24. The average molecular weight is 271 g/mol. The molecule has 5 heteroatoms. The van der Waals surface area contributed by atoms with Gasteiger partial charge in [0.1, 0.15) is 0 Å². The second kappa shape index (κ2) is 4.85. The highest BCUT2D eigenvalue weighted by Gasteiger charge is 2.06. The molecule has 0 fully saturated rings. The molecule has 0 radical (unpaired) electrons. The maximum Gasteiger partial charge on any atom is 0.261 e. The van der Waals surface area contributed by atoms with Crippen LogP contribution < -0.4 is 5.32 Å². The second-order valence-corrected chi connectivity index (χ2v) is 5.29. The van der Waals surface area contributed by atoms with Gasteiger partial charge in [-0.25, -0.2) is 4.98 Å². The molecule has 0 atom stereocenters. The Morgan fingerprint density at radius 3 is 3.11 bits per heavy atom. The van der Waals surface area contributed by atoms with Crippen LogP contribution in [0.5, 0.6) is 0 Å². The molecule has 1 N–H and O–H groups in total. The number of carbonyl (C=O) groups is 1. The standard InChI is InChI=1S/C14H13N3OS/c1-17-9-16-11-7-10(4-5-12(11)17)8-15-14(18)13-3-2-6-19-13/h2-7,9H,8H2,1H3,(H,15,18). The summed E-state index contributed by atoms with van der Waals surface area (Å²) in [6.07, 6.45) is 1.79. The Kier molecular flexibility index (Phi) is 3.05. The van der Waals surface area contributed by atoms with Gasteiger partial charge in [0, 0.05) is 13.6 Å². The normalized spacial score (nSPS) is 10.8. The molecular weight excluding hydrogens is 258 g/mol. The summed E-state index contributed by atoms with van der Waals surface area (Å²) in [5, 5.41) is 4.81. The van der Waals surface area contributed by atoms with Crippen molar-refractivity contribution in [2.75, 3.05) is 0 Å². The van der Waals surface area contributed by atoms with E-state index in [1.54, 1.807) is 6.33 Å². The van der Waals surface area contributed by atoms with Gasteiger partial charge in [-0.05, 0) is 29.1 Å². The van der Waals surface area contributed by atoms with Crippen molar-refractivity contribution in [3.05, 3.63) is 52.5 Å². The summed E-state index contributed by atoms with van der Waals surface area (Å²) in [5.74, 6) is -0.0314. The van der Waals surface area contributed by atoms with E-state index in [1.165, 1.54) is 11.3 Å². The zero-order chi connectivity index (χ0) is 13.2. The molecule has 96 valence electrons. The molecule has 19 heavy (non-hydrogen) atoms. The molecule has 0 spiro atoms. The van der Waals surface area contributed by atoms with Gasteiger partial charge in [-0.15, -0.1) is 11.3 Å². The van der Waals surface area contributed by atoms with E-state index >= 15 is 0 Å². The minimum absolute atomic E-state index is 0.0314. The van der Waals surface area contributed by atoms with Crippen molar-refractivity contribution in [2.45, 2.75) is 6.54 Å². The molecule has 0 aliphatic rings. The predicted molar refractivity (Wildman–Crippen MR) is 76.2 cm³/mol. The number of nitrogens with zero attached hydrogens (tertiary/aromatic N) is 2. The van der Waals surface area contributed by atoms with E-state index in [0.717, 1.165) is 21.5 Å². The summed E-state index contributed by atoms with van der Waals surface area (Å²) in [5.41, 5.74) is 3.09. The van der Waals surface area contributed by atoms with Crippen molar-refractivity contribution in [3.8, 4) is 0 Å². The number of aryl methyl sites for hydroxylation is 1. The van der Waals surface area contributed by atoms with E-state index in [4.69, 9.17) is 0 Å². The lowest BCUT2D eigenvalue weighted by Gasteiger charge is -2.04. The molecule has 2 heterocycles. The predicted octanol–water partition coefficient (Wildman–Crippen LogP) is 2.56. The number of thiophene rings is 1. The van der Waals surface area contributed by atoms with E-state index in [9.17, 15) is 4.79 Å². The topological polar surface area (TPSA) is 46.9 Å². The first kappa shape index (κ1) is 11.9. The fourth-order valence-corrected chi connectivity index (χ4v) is 2.61. The zero-order valence-corrected chi connectivity index (χ0v) is 11.3. The summed E-state index contributed by atoms with van der Waals surface area (Å²) in [6, 6.07) is 9.74. The van der Waals surface area contributed by atoms with E-state index < -0.39 is 0 Å². The number of carbonyl (C=O) groups excluding carboxylic acids is 1. The van der Waals surface area contributed by atoms with Crippen molar-refractivity contribution in [1.82, 2.24) is 14.9 Å². The van der Waals surface area contributed by atoms with Crippen LogP contribution in [0.3, 0.4) is 0 Å². The molecular formula is C14H13N3OS. The van der Waals surface area contributed by atoms with Crippen molar-refractivity contribution in [2.24, 2.45) is 7.05 Å². The zero-order valence-electron chi connectivity index (χ0n) is 10.5. The highest BCUT2D eigenvalue weighted by Crippen LogP contribution is 2.14. The number of aromatic nitrogens is 2. The number of rotatable bonds is 3. The number of amides is 1. The van der Waals surface area contributed by atoms with Gasteiger partial charge >= 0.3 is 0 Å². The SMILES string of the molecule is Cn1cnc2cc(CNC(=O)c3cccs3)ccc21. The number of hydrogen-bond donors (Lipinski definition) is 1. The molecule has 0 saturated heterocycles. The molecule has 2 aromatic heterocycles. The van der Waals surface area contributed by atoms with E-state index in [1.807, 2.05) is 47.3 Å². The first-order valence-electron chi connectivity index (χ1n) is 5.96. The highest BCUT2D eigenvalue weighted by atomic mass is 32.1. The monoisotopic (exact) mass is 271 g/mol. The molecule has 3 rings (SSSR count). The van der Waals surface area contributed by atoms with Gasteiger partial charge in [0.2, 0.25) is 0 Å². The van der Waals surface area contributed by atoms with Gasteiger partial charge in [-0.3, -0.25) is 4.79 Å². The minimum Gasteiger partial charge on any atom is -0.347 e. The number of benzene rings is 1. The third-order valence-electron chi connectivity index (χ3n) is 2.99. The molecule has 1 aromatic carbocycles. The second-order valence-electron chi connectivity index (χ2n) is 4.34. The van der Waals surface area contributed by atoms with Crippen LogP contribution in [0, 0.1) is 0 Å². The van der Waals surface area contributed by atoms with Crippen LogP contribution in [0.1, 0.15) is 15.2 Å². The van der Waals surface area contributed by atoms with Crippen LogP contribution in [0.2, 0.25) is 0 Å². The van der Waals surface area contributed by atoms with Crippen molar-refractivity contribution < 1.29 is 4.79 Å². The smallest absolute Gasteiger partial charge is 0.261 e. The number of hydrogen-bond acceptors (Lipinski definition) is 3. The molecule has 0 unspecified atom stereocenters. The lowest BCUT2D eigenvalue weighted by molar-refractivity contribution is 0.0955. The fraction of sp³-hybridized carbons (Fsp3) is 0.143. The quantitative estimate of drug-likeness (QED) is 0.796. The summed E-state index contributed by atoms with van der Waals surface area (Å²) in [7, 11) is 1.97. The minimum atomic E-state index is -0.0314. The fourth-order valence-electron chi connectivity index (χ4n) is 1.97. The largest absolute Gasteiger partial charge is 0.347 e. The van der Waals surface area contributed by atoms with Gasteiger partial charge < -0.3 is 9.88 Å². The Labute approximate surface area is 114 Å². The molecule has 4 nitrogen and oxygen atoms in total. The van der Waals surface area contributed by atoms with Gasteiger partial charge in [0.15, 0.2) is 0 Å². The molecule has 3 aromatic rings. The Balaban J connectivity index is 1.73. The van der Waals surface area contributed by atoms with Crippen molar-refractivity contribution in [3.63, 3.8) is 0 Å². The van der Waals surface area contributed by atoms with Crippen LogP contribution in [0.15, 0.2) is 42.0 Å². The number of fused-ring (bicyclic) bond motifs is 1. The van der Waals surface area contributed by atoms with E-state index in [0.29, 0.717) is 6.54 Å². The average Bonchev–Trinajstić information content (AvgIpc) is 3.06. The third kappa shape index (κ3) is 2.37. The Hall–Kier alpha value is -2.14. The summed E-state index contributed by atoms with van der Waals surface area (Å²) in [4.78, 5) is 16.9. The summed E-state index contributed by atoms with van der Waals surface area (Å²) >= 11 is 1.44. The van der Waals surface area contributed by atoms with E-state index in [2.05, 4.69) is 10.3 Å². The van der Waals surface area contributed by atoms with Crippen LogP contribution in [0.4, 0.5) is 0 Å². The Morgan fingerprint density at radius 2 is 2.32 bits per heavy atom. The molecule has 0 aliphatic carbocycles. The lowest BCUT2D eigenvalue weighted by Crippen LogP contribution is -2.21. The van der Waals surface area contributed by atoms with Gasteiger partial charge in [-0.2, -0.15) is 0 Å². The van der Waals surface area contributed by atoms with Crippen molar-refractivity contribution >= 4 is 28.3 Å². The number of imidazole rings is 1. The van der Waals surface area contributed by atoms with Gasteiger partial charge in [0.25, 0.3) is 5.91 Å². The lowest BCUT2D eigenvalue weighted by atomic mass is 10.2. The first-order valence-corrected chi connectivity index (χ1v) is 6.83.